The highest BCUT2D eigenvalue weighted by Gasteiger charge is 2.09. The maximum absolute atomic E-state index is 12.0. The summed E-state index contributed by atoms with van der Waals surface area (Å²) in [6.07, 6.45) is 5.38. The van der Waals surface area contributed by atoms with Crippen LogP contribution in [0.5, 0.6) is 0 Å². The van der Waals surface area contributed by atoms with Crippen LogP contribution in [-0.4, -0.2) is 16.7 Å². The van der Waals surface area contributed by atoms with Crippen molar-refractivity contribution in [1.82, 2.24) is 9.99 Å². The van der Waals surface area contributed by atoms with Crippen LogP contribution in [0.25, 0.3) is 21.8 Å². The van der Waals surface area contributed by atoms with Crippen molar-refractivity contribution in [2.75, 3.05) is 0 Å². The van der Waals surface area contributed by atoms with E-state index in [-0.39, 0.29) is 12.5 Å². The molecule has 0 aliphatic heterocycles. The molecule has 5 heteroatoms. The number of rotatable bonds is 5. The fourth-order valence-electron chi connectivity index (χ4n) is 3.41. The first-order valence-corrected chi connectivity index (χ1v) is 9.03. The van der Waals surface area contributed by atoms with Gasteiger partial charge in [-0.2, -0.15) is 9.67 Å². The summed E-state index contributed by atoms with van der Waals surface area (Å²) in [5.74, 6) is -0.161. The van der Waals surface area contributed by atoms with Crippen molar-refractivity contribution in [3.63, 3.8) is 0 Å². The number of hydrogen-bond donors (Lipinski definition) is 1. The van der Waals surface area contributed by atoms with Crippen LogP contribution in [0.4, 0.5) is 0 Å². The Morgan fingerprint density at radius 3 is 2.63 bits per heavy atom. The predicted octanol–water partition coefficient (Wildman–Crippen LogP) is 3.25. The van der Waals surface area contributed by atoms with Crippen LogP contribution in [-0.2, 0) is 17.9 Å². The van der Waals surface area contributed by atoms with Gasteiger partial charge in [0.1, 0.15) is 0 Å². The van der Waals surface area contributed by atoms with Crippen molar-refractivity contribution in [3.05, 3.63) is 78.6 Å². The Bertz CT molecular complexity index is 1130. The molecule has 0 fully saturated rings. The van der Waals surface area contributed by atoms with Crippen LogP contribution in [0.1, 0.15) is 12.5 Å². The van der Waals surface area contributed by atoms with E-state index in [9.17, 15) is 4.79 Å². The van der Waals surface area contributed by atoms with E-state index in [4.69, 9.17) is 0 Å². The van der Waals surface area contributed by atoms with Crippen molar-refractivity contribution in [2.45, 2.75) is 20.0 Å². The number of carbonyl (C=O) groups is 1. The minimum Gasteiger partial charge on any atom is -0.341 e. The maximum Gasteiger partial charge on any atom is 0.305 e. The van der Waals surface area contributed by atoms with Gasteiger partial charge in [0, 0.05) is 40.5 Å². The van der Waals surface area contributed by atoms with Gasteiger partial charge >= 0.3 is 5.91 Å². The van der Waals surface area contributed by atoms with Gasteiger partial charge in [-0.3, -0.25) is 4.79 Å². The molecule has 5 nitrogen and oxygen atoms in total. The van der Waals surface area contributed by atoms with Gasteiger partial charge in [0.2, 0.25) is 6.54 Å². The molecule has 2 aromatic heterocycles. The SMILES string of the molecule is CCn1c2ccccc2c2cc(/C=N\NC(=O)C[n+]3ccccc3)ccc21. The van der Waals surface area contributed by atoms with E-state index in [1.165, 1.54) is 21.8 Å². The van der Waals surface area contributed by atoms with E-state index in [2.05, 4.69) is 58.4 Å². The molecule has 2 aromatic carbocycles. The Kier molecular flexibility index (Phi) is 4.66. The molecule has 4 aromatic rings. The average Bonchev–Trinajstić information content (AvgIpc) is 3.02. The summed E-state index contributed by atoms with van der Waals surface area (Å²) < 4.78 is 4.11. The normalized spacial score (nSPS) is 11.4. The molecule has 0 aliphatic rings. The number of carbonyl (C=O) groups excluding carboxylic acids is 1. The van der Waals surface area contributed by atoms with Crippen LogP contribution in [0.2, 0.25) is 0 Å². The zero-order valence-corrected chi connectivity index (χ0v) is 15.2. The van der Waals surface area contributed by atoms with Crippen LogP contribution in [0, 0.1) is 0 Å². The number of para-hydroxylation sites is 1. The number of amides is 1. The first kappa shape index (κ1) is 17.0. The van der Waals surface area contributed by atoms with Crippen molar-refractivity contribution in [1.29, 1.82) is 0 Å². The van der Waals surface area contributed by atoms with E-state index in [1.807, 2.05) is 36.7 Å². The molecule has 0 atom stereocenters. The third kappa shape index (κ3) is 3.44. The van der Waals surface area contributed by atoms with Crippen LogP contribution >= 0.6 is 0 Å². The number of nitrogens with one attached hydrogen (secondary N) is 1. The van der Waals surface area contributed by atoms with E-state index < -0.39 is 0 Å². The Labute approximate surface area is 157 Å². The van der Waals surface area contributed by atoms with E-state index in [1.54, 1.807) is 10.8 Å². The number of fused-ring (bicyclic) bond motifs is 3. The van der Waals surface area contributed by atoms with Gasteiger partial charge in [0.25, 0.3) is 0 Å². The highest BCUT2D eigenvalue weighted by Crippen LogP contribution is 2.29. The van der Waals surface area contributed by atoms with Crippen molar-refractivity contribution < 1.29 is 9.36 Å². The zero-order chi connectivity index (χ0) is 18.6. The molecule has 0 saturated carbocycles. The molecule has 0 bridgehead atoms. The minimum absolute atomic E-state index is 0.161. The van der Waals surface area contributed by atoms with Crippen LogP contribution in [0.3, 0.4) is 0 Å². The fourth-order valence-corrected chi connectivity index (χ4v) is 3.41. The van der Waals surface area contributed by atoms with Gasteiger partial charge in [0.15, 0.2) is 12.4 Å². The lowest BCUT2D eigenvalue weighted by molar-refractivity contribution is -0.684. The second-order valence-corrected chi connectivity index (χ2v) is 6.38. The summed E-state index contributed by atoms with van der Waals surface area (Å²) in [4.78, 5) is 12.0. The summed E-state index contributed by atoms with van der Waals surface area (Å²) in [7, 11) is 0. The topological polar surface area (TPSA) is 50.3 Å². The third-order valence-corrected chi connectivity index (χ3v) is 4.62. The van der Waals surface area contributed by atoms with E-state index in [0.717, 1.165) is 12.1 Å². The quantitative estimate of drug-likeness (QED) is 0.333. The Hall–Kier alpha value is -3.47. The third-order valence-electron chi connectivity index (χ3n) is 4.62. The molecule has 27 heavy (non-hydrogen) atoms. The number of hydrogen-bond acceptors (Lipinski definition) is 2. The Balaban J connectivity index is 1.55. The maximum atomic E-state index is 12.0. The first-order chi connectivity index (χ1) is 13.3. The van der Waals surface area contributed by atoms with Crippen LogP contribution in [0.15, 0.2) is 78.2 Å². The number of benzene rings is 2. The van der Waals surface area contributed by atoms with Gasteiger partial charge in [0.05, 0.1) is 6.21 Å². The molecule has 134 valence electrons. The van der Waals surface area contributed by atoms with E-state index in [0.29, 0.717) is 0 Å². The molecule has 1 amide bonds. The second kappa shape index (κ2) is 7.41. The molecule has 0 aliphatic carbocycles. The van der Waals surface area contributed by atoms with Crippen molar-refractivity contribution in [2.24, 2.45) is 5.10 Å². The molecule has 1 N–H and O–H groups in total. The smallest absolute Gasteiger partial charge is 0.305 e. The van der Waals surface area contributed by atoms with Gasteiger partial charge in [-0.25, -0.2) is 5.43 Å². The van der Waals surface area contributed by atoms with E-state index >= 15 is 0 Å². The molecule has 2 heterocycles. The number of hydrazone groups is 1. The number of aryl methyl sites for hydroxylation is 1. The number of aromatic nitrogens is 2. The summed E-state index contributed by atoms with van der Waals surface area (Å²) in [5.41, 5.74) is 5.98. The molecule has 0 radical (unpaired) electrons. The Morgan fingerprint density at radius 2 is 1.81 bits per heavy atom. The lowest BCUT2D eigenvalue weighted by Crippen LogP contribution is -2.40. The van der Waals surface area contributed by atoms with Crippen LogP contribution < -0.4 is 9.99 Å². The summed E-state index contributed by atoms with van der Waals surface area (Å²) in [6, 6.07) is 20.4. The largest absolute Gasteiger partial charge is 0.341 e. The highest BCUT2D eigenvalue weighted by molar-refractivity contribution is 6.09. The summed E-state index contributed by atoms with van der Waals surface area (Å²) in [5, 5.41) is 6.53. The Morgan fingerprint density at radius 1 is 1.04 bits per heavy atom. The standard InChI is InChI=1S/C22H20N4O/c1-2-26-20-9-5-4-8-18(20)19-14-17(10-11-21(19)26)15-23-24-22(27)16-25-12-6-3-7-13-25/h3-15H,2,16H2,1H3/p+1/b23-15-. The van der Waals surface area contributed by atoms with Crippen molar-refractivity contribution >= 4 is 33.9 Å². The zero-order valence-electron chi connectivity index (χ0n) is 15.2. The predicted molar refractivity (Wildman–Crippen MR) is 107 cm³/mol. The molecule has 4 rings (SSSR count). The number of pyridine rings is 1. The minimum atomic E-state index is -0.161. The fraction of sp³-hybridized carbons (Fsp3) is 0.136. The monoisotopic (exact) mass is 357 g/mol. The first-order valence-electron chi connectivity index (χ1n) is 9.03. The molecular formula is C22H21N4O+. The van der Waals surface area contributed by atoms with Gasteiger partial charge < -0.3 is 4.57 Å². The average molecular weight is 357 g/mol. The number of nitrogens with zero attached hydrogens (tertiary/aromatic N) is 3. The molecule has 0 unspecified atom stereocenters. The summed E-state index contributed by atoms with van der Waals surface area (Å²) in [6.45, 7) is 3.31. The lowest BCUT2D eigenvalue weighted by atomic mass is 10.1. The van der Waals surface area contributed by atoms with Gasteiger partial charge in [-0.1, -0.05) is 30.3 Å². The summed E-state index contributed by atoms with van der Waals surface area (Å²) >= 11 is 0. The highest BCUT2D eigenvalue weighted by atomic mass is 16.2. The molecule has 0 spiro atoms. The van der Waals surface area contributed by atoms with Gasteiger partial charge in [-0.05, 0) is 30.7 Å². The lowest BCUT2D eigenvalue weighted by Gasteiger charge is -2.02. The second-order valence-electron chi connectivity index (χ2n) is 6.38. The van der Waals surface area contributed by atoms with Crippen molar-refractivity contribution in [3.8, 4) is 0 Å². The molecular weight excluding hydrogens is 336 g/mol. The molecule has 0 saturated heterocycles. The van der Waals surface area contributed by atoms with Gasteiger partial charge in [-0.15, -0.1) is 0 Å².